The van der Waals surface area contributed by atoms with Crippen molar-refractivity contribution in [1.29, 1.82) is 0 Å². The van der Waals surface area contributed by atoms with Crippen molar-refractivity contribution in [2.75, 3.05) is 32.7 Å². The molecule has 2 aromatic rings. The quantitative estimate of drug-likeness (QED) is 0.868. The van der Waals surface area contributed by atoms with Crippen molar-refractivity contribution >= 4 is 16.9 Å². The number of hydrogen-bond donors (Lipinski definition) is 2. The second-order valence-electron chi connectivity index (χ2n) is 7.23. The number of aromatic nitrogens is 2. The Labute approximate surface area is 148 Å². The van der Waals surface area contributed by atoms with E-state index in [9.17, 15) is 4.79 Å². The summed E-state index contributed by atoms with van der Waals surface area (Å²) in [6.07, 6.45) is 4.80. The number of nitrogens with two attached hydrogens (primary N) is 1. The molecular formula is C19H27N5O. The third kappa shape index (κ3) is 3.28. The fourth-order valence-electron chi connectivity index (χ4n) is 4.24. The highest BCUT2D eigenvalue weighted by molar-refractivity contribution is 6.04. The summed E-state index contributed by atoms with van der Waals surface area (Å²) in [6, 6.07) is 5.78. The molecule has 3 heterocycles. The predicted octanol–water partition coefficient (Wildman–Crippen LogP) is 1.70. The van der Waals surface area contributed by atoms with Crippen molar-refractivity contribution < 1.29 is 4.79 Å². The van der Waals surface area contributed by atoms with E-state index in [1.807, 2.05) is 6.07 Å². The number of primary amides is 1. The lowest BCUT2D eigenvalue weighted by atomic mass is 9.97. The molecule has 134 valence electrons. The van der Waals surface area contributed by atoms with Gasteiger partial charge in [-0.3, -0.25) is 4.79 Å². The first-order valence-electron chi connectivity index (χ1n) is 9.46. The molecule has 2 aliphatic rings. The van der Waals surface area contributed by atoms with Gasteiger partial charge in [0.25, 0.3) is 5.91 Å². The Morgan fingerprint density at radius 2 is 1.96 bits per heavy atom. The first-order valence-corrected chi connectivity index (χ1v) is 9.46. The molecule has 1 aromatic heterocycles. The molecular weight excluding hydrogens is 314 g/mol. The van der Waals surface area contributed by atoms with E-state index in [-0.39, 0.29) is 0 Å². The summed E-state index contributed by atoms with van der Waals surface area (Å²) in [7, 11) is 0. The molecule has 0 aliphatic carbocycles. The summed E-state index contributed by atoms with van der Waals surface area (Å²) in [5, 5.41) is 3.42. The van der Waals surface area contributed by atoms with Crippen LogP contribution in [0.1, 0.15) is 47.8 Å². The van der Waals surface area contributed by atoms with E-state index >= 15 is 0 Å². The molecule has 1 aromatic carbocycles. The number of nitrogens with zero attached hydrogens (tertiary/aromatic N) is 3. The summed E-state index contributed by atoms with van der Waals surface area (Å²) in [5.41, 5.74) is 7.93. The average Bonchev–Trinajstić information content (AvgIpc) is 3.27. The van der Waals surface area contributed by atoms with Crippen molar-refractivity contribution in [2.24, 2.45) is 5.73 Å². The Bertz CT molecular complexity index is 757. The Hall–Kier alpha value is -1.92. The second kappa shape index (κ2) is 7.14. The highest BCUT2D eigenvalue weighted by Gasteiger charge is 2.24. The lowest BCUT2D eigenvalue weighted by Crippen LogP contribution is -2.29. The lowest BCUT2D eigenvalue weighted by Gasteiger charge is -2.24. The molecule has 6 nitrogen and oxygen atoms in total. The number of carbonyl (C=O) groups is 1. The number of amides is 1. The number of fused-ring (bicyclic) bond motifs is 1. The second-order valence-corrected chi connectivity index (χ2v) is 7.23. The van der Waals surface area contributed by atoms with Crippen LogP contribution in [0, 0.1) is 0 Å². The van der Waals surface area contributed by atoms with Gasteiger partial charge in [-0.25, -0.2) is 4.98 Å². The number of carbonyl (C=O) groups excluding carboxylic acids is 1. The SMILES string of the molecule is NC(=O)c1cccc2c1nc(C1CCNCC1)n2CCN1CCCC1. The number of para-hydroxylation sites is 1. The van der Waals surface area contributed by atoms with Crippen LogP contribution < -0.4 is 11.1 Å². The minimum atomic E-state index is -0.397. The van der Waals surface area contributed by atoms with Gasteiger partial charge in [0, 0.05) is 19.0 Å². The molecule has 2 aliphatic heterocycles. The third-order valence-corrected chi connectivity index (χ3v) is 5.62. The molecule has 6 heteroatoms. The maximum Gasteiger partial charge on any atom is 0.250 e. The van der Waals surface area contributed by atoms with Gasteiger partial charge in [-0.15, -0.1) is 0 Å². The van der Waals surface area contributed by atoms with Crippen molar-refractivity contribution in [3.05, 3.63) is 29.6 Å². The zero-order chi connectivity index (χ0) is 17.2. The van der Waals surface area contributed by atoms with Crippen molar-refractivity contribution in [3.8, 4) is 0 Å². The monoisotopic (exact) mass is 341 g/mol. The van der Waals surface area contributed by atoms with Crippen LogP contribution in [0.5, 0.6) is 0 Å². The Balaban J connectivity index is 1.72. The van der Waals surface area contributed by atoms with E-state index in [0.29, 0.717) is 11.5 Å². The largest absolute Gasteiger partial charge is 0.366 e. The summed E-state index contributed by atoms with van der Waals surface area (Å²) >= 11 is 0. The normalized spacial score (nSPS) is 19.7. The number of hydrogen-bond acceptors (Lipinski definition) is 4. The molecule has 0 spiro atoms. The summed E-state index contributed by atoms with van der Waals surface area (Å²) in [5.74, 6) is 1.18. The molecule has 1 amide bonds. The average molecular weight is 341 g/mol. The van der Waals surface area contributed by atoms with Crippen LogP contribution in [0.4, 0.5) is 0 Å². The molecule has 3 N–H and O–H groups in total. The topological polar surface area (TPSA) is 76.2 Å². The van der Waals surface area contributed by atoms with E-state index < -0.39 is 5.91 Å². The smallest absolute Gasteiger partial charge is 0.250 e. The van der Waals surface area contributed by atoms with Gasteiger partial charge < -0.3 is 20.5 Å². The van der Waals surface area contributed by atoms with Crippen LogP contribution in [0.2, 0.25) is 0 Å². The van der Waals surface area contributed by atoms with Gasteiger partial charge >= 0.3 is 0 Å². The number of piperidine rings is 1. The molecule has 2 saturated heterocycles. The maximum atomic E-state index is 11.8. The van der Waals surface area contributed by atoms with Gasteiger partial charge in [-0.2, -0.15) is 0 Å². The van der Waals surface area contributed by atoms with Crippen LogP contribution in [0.15, 0.2) is 18.2 Å². The fourth-order valence-corrected chi connectivity index (χ4v) is 4.24. The highest BCUT2D eigenvalue weighted by atomic mass is 16.1. The van der Waals surface area contributed by atoms with E-state index in [1.54, 1.807) is 6.07 Å². The maximum absolute atomic E-state index is 11.8. The van der Waals surface area contributed by atoms with Gasteiger partial charge in [-0.05, 0) is 64.0 Å². The molecule has 0 radical (unpaired) electrons. The van der Waals surface area contributed by atoms with Gasteiger partial charge in [-0.1, -0.05) is 6.07 Å². The van der Waals surface area contributed by atoms with E-state index in [0.717, 1.165) is 55.9 Å². The number of imidazole rings is 1. The van der Waals surface area contributed by atoms with Crippen LogP contribution in [0.3, 0.4) is 0 Å². The van der Waals surface area contributed by atoms with Gasteiger partial charge in [0.05, 0.1) is 11.1 Å². The molecule has 0 bridgehead atoms. The third-order valence-electron chi connectivity index (χ3n) is 5.62. The molecule has 0 saturated carbocycles. The van der Waals surface area contributed by atoms with Gasteiger partial charge in [0.15, 0.2) is 0 Å². The van der Waals surface area contributed by atoms with Crippen LogP contribution in [0.25, 0.3) is 11.0 Å². The number of benzene rings is 1. The highest BCUT2D eigenvalue weighted by Crippen LogP contribution is 2.29. The molecule has 4 rings (SSSR count). The molecule has 25 heavy (non-hydrogen) atoms. The Morgan fingerprint density at radius 3 is 2.68 bits per heavy atom. The lowest BCUT2D eigenvalue weighted by molar-refractivity contribution is 0.100. The van der Waals surface area contributed by atoms with Crippen LogP contribution in [-0.4, -0.2) is 53.1 Å². The molecule has 0 atom stereocenters. The fraction of sp³-hybridized carbons (Fsp3) is 0.579. The van der Waals surface area contributed by atoms with Gasteiger partial charge in [0.2, 0.25) is 0 Å². The zero-order valence-corrected chi connectivity index (χ0v) is 14.7. The van der Waals surface area contributed by atoms with Crippen molar-refractivity contribution in [1.82, 2.24) is 19.8 Å². The summed E-state index contributed by atoms with van der Waals surface area (Å²) < 4.78 is 2.34. The van der Waals surface area contributed by atoms with Gasteiger partial charge in [0.1, 0.15) is 11.3 Å². The number of likely N-dealkylation sites (tertiary alicyclic amines) is 1. The molecule has 2 fully saturated rings. The minimum Gasteiger partial charge on any atom is -0.366 e. The first-order chi connectivity index (χ1) is 12.2. The Kier molecular flexibility index (Phi) is 4.72. The predicted molar refractivity (Wildman–Crippen MR) is 98.8 cm³/mol. The summed E-state index contributed by atoms with van der Waals surface area (Å²) in [4.78, 5) is 19.3. The zero-order valence-electron chi connectivity index (χ0n) is 14.7. The van der Waals surface area contributed by atoms with Crippen molar-refractivity contribution in [2.45, 2.75) is 38.1 Å². The summed E-state index contributed by atoms with van der Waals surface area (Å²) in [6.45, 7) is 6.43. The minimum absolute atomic E-state index is 0.397. The van der Waals surface area contributed by atoms with E-state index in [2.05, 4.69) is 20.9 Å². The number of nitrogens with one attached hydrogen (secondary N) is 1. The molecule has 0 unspecified atom stereocenters. The standard InChI is InChI=1S/C19H27N5O/c20-18(25)15-4-3-5-16-17(15)22-19(14-6-8-21-9-7-14)24(16)13-12-23-10-1-2-11-23/h3-5,14,21H,1-2,6-13H2,(H2,20,25). The first kappa shape index (κ1) is 16.5. The number of rotatable bonds is 5. The van der Waals surface area contributed by atoms with E-state index in [4.69, 9.17) is 10.7 Å². The van der Waals surface area contributed by atoms with Crippen molar-refractivity contribution in [3.63, 3.8) is 0 Å². The van der Waals surface area contributed by atoms with Crippen LogP contribution >= 0.6 is 0 Å². The van der Waals surface area contributed by atoms with Crippen LogP contribution in [-0.2, 0) is 6.54 Å². The van der Waals surface area contributed by atoms with E-state index in [1.165, 1.54) is 25.9 Å². The Morgan fingerprint density at radius 1 is 1.20 bits per heavy atom.